The van der Waals surface area contributed by atoms with Crippen LogP contribution in [0, 0.1) is 17.8 Å². The van der Waals surface area contributed by atoms with Gasteiger partial charge in [0, 0.05) is 11.5 Å². The van der Waals surface area contributed by atoms with Gasteiger partial charge in [-0.05, 0) is 61.8 Å². The quantitative estimate of drug-likeness (QED) is 0.658. The van der Waals surface area contributed by atoms with Crippen LogP contribution < -0.4 is 0 Å². The molecule has 2 fully saturated rings. The molecule has 0 atom stereocenters. The molecular formula is C20H28O. The molecule has 21 heavy (non-hydrogen) atoms. The molecule has 0 aliphatic heterocycles. The normalized spacial score (nSPS) is 26.6. The second kappa shape index (κ2) is 6.34. The molecule has 0 heterocycles. The number of benzene rings is 1. The third-order valence-electron chi connectivity index (χ3n) is 5.86. The van der Waals surface area contributed by atoms with Crippen LogP contribution in [0.25, 0.3) is 0 Å². The highest BCUT2D eigenvalue weighted by molar-refractivity contribution is 5.97. The molecule has 3 rings (SSSR count). The Morgan fingerprint density at radius 2 is 1.57 bits per heavy atom. The number of rotatable bonds is 4. The average Bonchev–Trinajstić information content (AvgIpc) is 2.46. The van der Waals surface area contributed by atoms with Crippen molar-refractivity contribution < 1.29 is 4.79 Å². The van der Waals surface area contributed by atoms with Crippen LogP contribution in [0.1, 0.15) is 80.6 Å². The second-order valence-corrected chi connectivity index (χ2v) is 7.47. The SMILES string of the molecule is CC(C)C1CCC(C(=O)c2ccc(C3CCC3)cc2)CC1. The van der Waals surface area contributed by atoms with Gasteiger partial charge in [0.25, 0.3) is 0 Å². The Morgan fingerprint density at radius 3 is 2.05 bits per heavy atom. The molecule has 0 N–H and O–H groups in total. The van der Waals surface area contributed by atoms with E-state index >= 15 is 0 Å². The van der Waals surface area contributed by atoms with Gasteiger partial charge in [-0.25, -0.2) is 0 Å². The van der Waals surface area contributed by atoms with Gasteiger partial charge in [0.1, 0.15) is 0 Å². The van der Waals surface area contributed by atoms with E-state index in [0.717, 1.165) is 36.2 Å². The van der Waals surface area contributed by atoms with E-state index in [9.17, 15) is 4.79 Å². The topological polar surface area (TPSA) is 17.1 Å². The van der Waals surface area contributed by atoms with E-state index in [1.165, 1.54) is 37.7 Å². The smallest absolute Gasteiger partial charge is 0.165 e. The summed E-state index contributed by atoms with van der Waals surface area (Å²) < 4.78 is 0. The van der Waals surface area contributed by atoms with Gasteiger partial charge in [0.15, 0.2) is 5.78 Å². The molecule has 2 aliphatic rings. The molecule has 0 spiro atoms. The lowest BCUT2D eigenvalue weighted by Gasteiger charge is -2.30. The van der Waals surface area contributed by atoms with E-state index in [0.29, 0.717) is 5.78 Å². The number of Topliss-reactive ketones (excluding diaryl/α,β-unsaturated/α-hetero) is 1. The predicted octanol–water partition coefficient (Wildman–Crippen LogP) is 5.60. The summed E-state index contributed by atoms with van der Waals surface area (Å²) in [5, 5.41) is 0. The standard InChI is InChI=1S/C20H28O/c1-14(2)15-6-10-18(11-7-15)20(21)19-12-8-17(9-13-19)16-4-3-5-16/h8-9,12-16,18H,3-7,10-11H2,1-2H3. The van der Waals surface area contributed by atoms with Crippen molar-refractivity contribution in [1.29, 1.82) is 0 Å². The van der Waals surface area contributed by atoms with Crippen molar-refractivity contribution in [3.8, 4) is 0 Å². The fraction of sp³-hybridized carbons (Fsp3) is 0.650. The minimum atomic E-state index is 0.273. The predicted molar refractivity (Wildman–Crippen MR) is 87.7 cm³/mol. The van der Waals surface area contributed by atoms with Crippen LogP contribution in [0.4, 0.5) is 0 Å². The molecule has 0 saturated heterocycles. The minimum Gasteiger partial charge on any atom is -0.294 e. The molecule has 0 aromatic heterocycles. The summed E-state index contributed by atoms with van der Waals surface area (Å²) in [5.74, 6) is 3.01. The summed E-state index contributed by atoms with van der Waals surface area (Å²) >= 11 is 0. The Kier molecular flexibility index (Phi) is 4.47. The lowest BCUT2D eigenvalue weighted by Crippen LogP contribution is -2.24. The molecule has 0 amide bonds. The van der Waals surface area contributed by atoms with Crippen molar-refractivity contribution in [2.75, 3.05) is 0 Å². The molecule has 1 nitrogen and oxygen atoms in total. The van der Waals surface area contributed by atoms with Gasteiger partial charge in [-0.15, -0.1) is 0 Å². The van der Waals surface area contributed by atoms with Gasteiger partial charge >= 0.3 is 0 Å². The lowest BCUT2D eigenvalue weighted by molar-refractivity contribution is 0.0859. The van der Waals surface area contributed by atoms with Crippen LogP contribution in [0.2, 0.25) is 0 Å². The molecular weight excluding hydrogens is 256 g/mol. The van der Waals surface area contributed by atoms with Gasteiger partial charge in [-0.2, -0.15) is 0 Å². The van der Waals surface area contributed by atoms with Crippen LogP contribution in [0.3, 0.4) is 0 Å². The molecule has 1 heteroatoms. The maximum absolute atomic E-state index is 12.6. The van der Waals surface area contributed by atoms with Crippen LogP contribution in [0.15, 0.2) is 24.3 Å². The van der Waals surface area contributed by atoms with Crippen molar-refractivity contribution in [1.82, 2.24) is 0 Å². The summed E-state index contributed by atoms with van der Waals surface area (Å²) in [4.78, 5) is 12.6. The van der Waals surface area contributed by atoms with Gasteiger partial charge < -0.3 is 0 Å². The van der Waals surface area contributed by atoms with Crippen LogP contribution in [0.5, 0.6) is 0 Å². The highest BCUT2D eigenvalue weighted by Crippen LogP contribution is 2.37. The van der Waals surface area contributed by atoms with Gasteiger partial charge in [0.2, 0.25) is 0 Å². The van der Waals surface area contributed by atoms with Crippen molar-refractivity contribution in [2.24, 2.45) is 17.8 Å². The Bertz CT molecular complexity index is 473. The number of hydrogen-bond donors (Lipinski definition) is 0. The molecule has 114 valence electrons. The van der Waals surface area contributed by atoms with Crippen LogP contribution >= 0.6 is 0 Å². The van der Waals surface area contributed by atoms with E-state index < -0.39 is 0 Å². The Morgan fingerprint density at radius 1 is 0.952 bits per heavy atom. The zero-order valence-corrected chi connectivity index (χ0v) is 13.5. The Balaban J connectivity index is 1.60. The number of hydrogen-bond acceptors (Lipinski definition) is 1. The van der Waals surface area contributed by atoms with Crippen molar-refractivity contribution in [3.63, 3.8) is 0 Å². The summed E-state index contributed by atoms with van der Waals surface area (Å²) in [6.45, 7) is 4.62. The first kappa shape index (κ1) is 14.8. The van der Waals surface area contributed by atoms with Gasteiger partial charge in [0.05, 0.1) is 0 Å². The third-order valence-corrected chi connectivity index (χ3v) is 5.86. The zero-order chi connectivity index (χ0) is 14.8. The molecule has 0 bridgehead atoms. The molecule has 2 aliphatic carbocycles. The largest absolute Gasteiger partial charge is 0.294 e. The van der Waals surface area contributed by atoms with Gasteiger partial charge in [-0.3, -0.25) is 4.79 Å². The first-order chi connectivity index (χ1) is 10.1. The van der Waals surface area contributed by atoms with Crippen LogP contribution in [-0.4, -0.2) is 5.78 Å². The number of ketones is 1. The monoisotopic (exact) mass is 284 g/mol. The first-order valence-electron chi connectivity index (χ1n) is 8.79. The van der Waals surface area contributed by atoms with Crippen LogP contribution in [-0.2, 0) is 0 Å². The fourth-order valence-corrected chi connectivity index (χ4v) is 3.94. The first-order valence-corrected chi connectivity index (χ1v) is 8.79. The maximum atomic E-state index is 12.6. The Labute approximate surface area is 129 Å². The summed E-state index contributed by atoms with van der Waals surface area (Å²) in [5.41, 5.74) is 2.37. The van der Waals surface area contributed by atoms with Crippen molar-refractivity contribution in [3.05, 3.63) is 35.4 Å². The van der Waals surface area contributed by atoms with E-state index in [1.54, 1.807) is 0 Å². The van der Waals surface area contributed by atoms with E-state index in [-0.39, 0.29) is 5.92 Å². The third kappa shape index (κ3) is 3.22. The minimum absolute atomic E-state index is 0.273. The lowest BCUT2D eigenvalue weighted by atomic mass is 9.74. The van der Waals surface area contributed by atoms with Gasteiger partial charge in [-0.1, -0.05) is 44.5 Å². The highest BCUT2D eigenvalue weighted by atomic mass is 16.1. The summed E-state index contributed by atoms with van der Waals surface area (Å²) in [6.07, 6.45) is 8.66. The molecule has 1 aromatic carbocycles. The van der Waals surface area contributed by atoms with E-state index in [2.05, 4.69) is 38.1 Å². The highest BCUT2D eigenvalue weighted by Gasteiger charge is 2.28. The number of carbonyl (C=O) groups excluding carboxylic acids is 1. The van der Waals surface area contributed by atoms with E-state index in [1.807, 2.05) is 0 Å². The summed E-state index contributed by atoms with van der Waals surface area (Å²) in [6, 6.07) is 8.53. The molecule has 0 radical (unpaired) electrons. The zero-order valence-electron chi connectivity index (χ0n) is 13.5. The second-order valence-electron chi connectivity index (χ2n) is 7.47. The maximum Gasteiger partial charge on any atom is 0.165 e. The number of carbonyl (C=O) groups is 1. The molecule has 1 aromatic rings. The van der Waals surface area contributed by atoms with E-state index in [4.69, 9.17) is 0 Å². The molecule has 0 unspecified atom stereocenters. The van der Waals surface area contributed by atoms with Crippen molar-refractivity contribution in [2.45, 2.75) is 64.7 Å². The molecule has 2 saturated carbocycles. The summed E-state index contributed by atoms with van der Waals surface area (Å²) in [7, 11) is 0. The van der Waals surface area contributed by atoms with Crippen molar-refractivity contribution >= 4 is 5.78 Å². The fourth-order valence-electron chi connectivity index (χ4n) is 3.94. The Hall–Kier alpha value is -1.11. The average molecular weight is 284 g/mol.